The molecule has 0 radical (unpaired) electrons. The summed E-state index contributed by atoms with van der Waals surface area (Å²) in [6.07, 6.45) is 2.64. The van der Waals surface area contributed by atoms with Crippen molar-refractivity contribution >= 4 is 23.2 Å². The predicted molar refractivity (Wildman–Crippen MR) is 104 cm³/mol. The fourth-order valence-corrected chi connectivity index (χ4v) is 4.28. The molecule has 1 amide bonds. The van der Waals surface area contributed by atoms with Crippen LogP contribution in [0.25, 0.3) is 10.4 Å². The fourth-order valence-electron chi connectivity index (χ4n) is 3.38. The standard InChI is InChI=1S/C21H23NO4S/c1-2-25-21(24)19-10-9-18(27-19)15-5-7-16(8-6-15)20(23)22-11-12-26-17(13-22)14-3-4-14/h5-10,14,17H,2-4,11-13H2,1H3/t17-/m0/s1. The van der Waals surface area contributed by atoms with Gasteiger partial charge in [-0.15, -0.1) is 11.3 Å². The SMILES string of the molecule is CCOC(=O)c1ccc(-c2ccc(C(=O)N3CCO[C@H](C4CC4)C3)cc2)s1. The molecule has 1 aromatic heterocycles. The van der Waals surface area contributed by atoms with Crippen molar-refractivity contribution < 1.29 is 19.1 Å². The summed E-state index contributed by atoms with van der Waals surface area (Å²) >= 11 is 1.40. The summed E-state index contributed by atoms with van der Waals surface area (Å²) in [4.78, 5) is 28.1. The van der Waals surface area contributed by atoms with Crippen LogP contribution in [0.4, 0.5) is 0 Å². The van der Waals surface area contributed by atoms with Gasteiger partial charge in [0.25, 0.3) is 5.91 Å². The molecule has 1 aliphatic carbocycles. The number of nitrogens with zero attached hydrogens (tertiary/aromatic N) is 1. The molecule has 1 aliphatic heterocycles. The van der Waals surface area contributed by atoms with Gasteiger partial charge >= 0.3 is 5.97 Å². The van der Waals surface area contributed by atoms with Crippen molar-refractivity contribution in [1.82, 2.24) is 4.90 Å². The van der Waals surface area contributed by atoms with Crippen molar-refractivity contribution in [2.24, 2.45) is 5.92 Å². The number of carbonyl (C=O) groups is 2. The Morgan fingerprint density at radius 3 is 2.67 bits per heavy atom. The molecule has 1 atom stereocenters. The number of morpholine rings is 1. The molecule has 1 saturated heterocycles. The molecule has 2 aliphatic rings. The Labute approximate surface area is 162 Å². The van der Waals surface area contributed by atoms with Crippen LogP contribution in [0.15, 0.2) is 36.4 Å². The first-order valence-corrected chi connectivity index (χ1v) is 10.3. The van der Waals surface area contributed by atoms with E-state index < -0.39 is 0 Å². The number of hydrogen-bond donors (Lipinski definition) is 0. The van der Waals surface area contributed by atoms with Crippen LogP contribution in [0.1, 0.15) is 39.8 Å². The number of ether oxygens (including phenoxy) is 2. The highest BCUT2D eigenvalue weighted by molar-refractivity contribution is 7.17. The molecule has 1 saturated carbocycles. The largest absolute Gasteiger partial charge is 0.462 e. The lowest BCUT2D eigenvalue weighted by atomic mass is 10.1. The first-order valence-electron chi connectivity index (χ1n) is 9.44. The maximum atomic E-state index is 12.8. The van der Waals surface area contributed by atoms with Gasteiger partial charge in [-0.05, 0) is 55.5 Å². The third-order valence-electron chi connectivity index (χ3n) is 5.03. The molecule has 2 fully saturated rings. The average Bonchev–Trinajstić information content (AvgIpc) is 3.44. The van der Waals surface area contributed by atoms with Crippen LogP contribution in [0.5, 0.6) is 0 Å². The van der Waals surface area contributed by atoms with Gasteiger partial charge in [-0.25, -0.2) is 4.79 Å². The van der Waals surface area contributed by atoms with Crippen molar-refractivity contribution in [3.05, 3.63) is 46.8 Å². The maximum absolute atomic E-state index is 12.8. The number of amides is 1. The second-order valence-electron chi connectivity index (χ2n) is 6.96. The Bertz CT molecular complexity index is 825. The summed E-state index contributed by atoms with van der Waals surface area (Å²) in [5, 5.41) is 0. The average molecular weight is 385 g/mol. The number of rotatable bonds is 5. The molecule has 2 heterocycles. The molecule has 5 nitrogen and oxygen atoms in total. The Morgan fingerprint density at radius 1 is 1.19 bits per heavy atom. The highest BCUT2D eigenvalue weighted by Crippen LogP contribution is 2.36. The second kappa shape index (κ2) is 7.82. The fraction of sp³-hybridized carbons (Fsp3) is 0.429. The van der Waals surface area contributed by atoms with Crippen molar-refractivity contribution in [2.45, 2.75) is 25.9 Å². The molecule has 27 heavy (non-hydrogen) atoms. The summed E-state index contributed by atoms with van der Waals surface area (Å²) in [5.74, 6) is 0.405. The first kappa shape index (κ1) is 18.2. The van der Waals surface area contributed by atoms with Crippen molar-refractivity contribution in [3.63, 3.8) is 0 Å². The zero-order valence-corrected chi connectivity index (χ0v) is 16.2. The quantitative estimate of drug-likeness (QED) is 0.734. The molecule has 4 rings (SSSR count). The Kier molecular flexibility index (Phi) is 5.27. The van der Waals surface area contributed by atoms with Gasteiger partial charge in [-0.3, -0.25) is 4.79 Å². The van der Waals surface area contributed by atoms with E-state index in [1.54, 1.807) is 13.0 Å². The zero-order valence-electron chi connectivity index (χ0n) is 15.3. The normalized spacial score (nSPS) is 19.7. The topological polar surface area (TPSA) is 55.8 Å². The Balaban J connectivity index is 1.44. The Hall–Kier alpha value is -2.18. The van der Waals surface area contributed by atoms with Crippen molar-refractivity contribution in [1.29, 1.82) is 0 Å². The Morgan fingerprint density at radius 2 is 1.96 bits per heavy atom. The van der Waals surface area contributed by atoms with Crippen LogP contribution in [0.3, 0.4) is 0 Å². The minimum Gasteiger partial charge on any atom is -0.462 e. The molecule has 0 N–H and O–H groups in total. The van der Waals surface area contributed by atoms with Gasteiger partial charge in [0, 0.05) is 23.5 Å². The van der Waals surface area contributed by atoms with E-state index in [1.807, 2.05) is 35.2 Å². The molecular weight excluding hydrogens is 362 g/mol. The van der Waals surface area contributed by atoms with Gasteiger partial charge in [0.2, 0.25) is 0 Å². The monoisotopic (exact) mass is 385 g/mol. The molecule has 0 bridgehead atoms. The number of esters is 1. The molecule has 142 valence electrons. The van der Waals surface area contributed by atoms with Crippen LogP contribution in [-0.4, -0.2) is 49.2 Å². The van der Waals surface area contributed by atoms with E-state index in [0.29, 0.717) is 42.7 Å². The molecule has 0 unspecified atom stereocenters. The van der Waals surface area contributed by atoms with Crippen LogP contribution < -0.4 is 0 Å². The second-order valence-corrected chi connectivity index (χ2v) is 8.04. The minimum atomic E-state index is -0.293. The highest BCUT2D eigenvalue weighted by Gasteiger charge is 2.36. The number of thiophene rings is 1. The van der Waals surface area contributed by atoms with Gasteiger partial charge in [0.1, 0.15) is 4.88 Å². The highest BCUT2D eigenvalue weighted by atomic mass is 32.1. The summed E-state index contributed by atoms with van der Waals surface area (Å²) in [7, 11) is 0. The van der Waals surface area contributed by atoms with E-state index >= 15 is 0 Å². The van der Waals surface area contributed by atoms with E-state index in [4.69, 9.17) is 9.47 Å². The minimum absolute atomic E-state index is 0.0638. The van der Waals surface area contributed by atoms with Crippen LogP contribution in [0, 0.1) is 5.92 Å². The summed E-state index contributed by atoms with van der Waals surface area (Å²) in [6, 6.07) is 11.3. The van der Waals surface area contributed by atoms with E-state index in [2.05, 4.69) is 0 Å². The molecule has 1 aromatic carbocycles. The molecule has 2 aromatic rings. The van der Waals surface area contributed by atoms with Crippen LogP contribution in [0.2, 0.25) is 0 Å². The van der Waals surface area contributed by atoms with Crippen LogP contribution in [-0.2, 0) is 9.47 Å². The lowest BCUT2D eigenvalue weighted by Crippen LogP contribution is -2.46. The summed E-state index contributed by atoms with van der Waals surface area (Å²) < 4.78 is 10.8. The van der Waals surface area contributed by atoms with Gasteiger partial charge < -0.3 is 14.4 Å². The molecule has 0 spiro atoms. The van der Waals surface area contributed by atoms with E-state index in [1.165, 1.54) is 24.2 Å². The first-order chi connectivity index (χ1) is 13.2. The number of carbonyl (C=O) groups excluding carboxylic acids is 2. The predicted octanol–water partition coefficient (Wildman–Crippen LogP) is 3.84. The van der Waals surface area contributed by atoms with Gasteiger partial charge in [0.15, 0.2) is 0 Å². The number of benzene rings is 1. The van der Waals surface area contributed by atoms with Crippen molar-refractivity contribution in [2.75, 3.05) is 26.3 Å². The molecule has 6 heteroatoms. The third kappa shape index (κ3) is 4.06. The van der Waals surface area contributed by atoms with Gasteiger partial charge in [-0.2, -0.15) is 0 Å². The maximum Gasteiger partial charge on any atom is 0.348 e. The third-order valence-corrected chi connectivity index (χ3v) is 6.14. The van der Waals surface area contributed by atoms with E-state index in [9.17, 15) is 9.59 Å². The van der Waals surface area contributed by atoms with Gasteiger partial charge in [-0.1, -0.05) is 12.1 Å². The van der Waals surface area contributed by atoms with Crippen LogP contribution >= 0.6 is 11.3 Å². The smallest absolute Gasteiger partial charge is 0.348 e. The zero-order chi connectivity index (χ0) is 18.8. The summed E-state index contributed by atoms with van der Waals surface area (Å²) in [5.41, 5.74) is 1.68. The van der Waals surface area contributed by atoms with Gasteiger partial charge in [0.05, 0.1) is 19.3 Å². The lowest BCUT2D eigenvalue weighted by molar-refractivity contribution is -0.0313. The summed E-state index contributed by atoms with van der Waals surface area (Å²) in [6.45, 7) is 4.13. The molecular formula is C21H23NO4S. The van der Waals surface area contributed by atoms with Crippen molar-refractivity contribution in [3.8, 4) is 10.4 Å². The number of hydrogen-bond acceptors (Lipinski definition) is 5. The lowest BCUT2D eigenvalue weighted by Gasteiger charge is -2.33. The van der Waals surface area contributed by atoms with E-state index in [-0.39, 0.29) is 18.0 Å². The van der Waals surface area contributed by atoms with E-state index in [0.717, 1.165) is 10.4 Å².